The Morgan fingerprint density at radius 3 is 2.61 bits per heavy atom. The molecule has 5 nitrogen and oxygen atoms in total. The molecule has 1 aromatic carbocycles. The SMILES string of the molecule is CS(=O)(=O)c1ccc(C(O)Cn2ccnc2-c2cccs2)cc1. The number of hydrogen-bond donors (Lipinski definition) is 1. The molecule has 0 saturated heterocycles. The van der Waals surface area contributed by atoms with Gasteiger partial charge in [-0.25, -0.2) is 13.4 Å². The average Bonchev–Trinajstić information content (AvgIpc) is 3.17. The first-order chi connectivity index (χ1) is 10.9. The molecule has 0 bridgehead atoms. The van der Waals surface area contributed by atoms with Gasteiger partial charge >= 0.3 is 0 Å². The number of benzene rings is 1. The van der Waals surface area contributed by atoms with Gasteiger partial charge in [-0.15, -0.1) is 11.3 Å². The minimum absolute atomic E-state index is 0.246. The van der Waals surface area contributed by atoms with Crippen LogP contribution in [0.15, 0.2) is 59.1 Å². The molecule has 3 aromatic rings. The molecule has 0 amide bonds. The zero-order valence-corrected chi connectivity index (χ0v) is 14.1. The number of sulfone groups is 1. The zero-order valence-electron chi connectivity index (χ0n) is 12.5. The van der Waals surface area contributed by atoms with Crippen molar-refractivity contribution in [3.05, 3.63) is 59.7 Å². The Morgan fingerprint density at radius 2 is 2.00 bits per heavy atom. The highest BCUT2D eigenvalue weighted by Crippen LogP contribution is 2.25. The summed E-state index contributed by atoms with van der Waals surface area (Å²) in [4.78, 5) is 5.62. The van der Waals surface area contributed by atoms with Crippen LogP contribution in [0.3, 0.4) is 0 Å². The second-order valence-electron chi connectivity index (χ2n) is 5.24. The Bertz CT molecular complexity index is 882. The lowest BCUT2D eigenvalue weighted by Gasteiger charge is -2.14. The van der Waals surface area contributed by atoms with Gasteiger partial charge in [0.25, 0.3) is 0 Å². The van der Waals surface area contributed by atoms with E-state index in [1.165, 1.54) is 12.1 Å². The molecule has 0 radical (unpaired) electrons. The standard InChI is InChI=1S/C16H16N2O3S2/c1-23(20,21)13-6-4-12(5-7-13)14(19)11-18-9-8-17-16(18)15-3-2-10-22-15/h2-10,14,19H,11H2,1H3. The van der Waals surface area contributed by atoms with Gasteiger partial charge in [0.05, 0.1) is 22.4 Å². The summed E-state index contributed by atoms with van der Waals surface area (Å²) in [5, 5.41) is 12.4. The van der Waals surface area contributed by atoms with E-state index in [1.807, 2.05) is 28.3 Å². The Morgan fingerprint density at radius 1 is 1.26 bits per heavy atom. The fourth-order valence-electron chi connectivity index (χ4n) is 2.32. The molecule has 3 rings (SSSR count). The highest BCUT2D eigenvalue weighted by Gasteiger charge is 2.14. The van der Waals surface area contributed by atoms with E-state index in [0.29, 0.717) is 12.1 Å². The minimum atomic E-state index is -3.23. The van der Waals surface area contributed by atoms with E-state index in [0.717, 1.165) is 17.0 Å². The van der Waals surface area contributed by atoms with E-state index in [2.05, 4.69) is 4.98 Å². The van der Waals surface area contributed by atoms with Crippen molar-refractivity contribution in [2.45, 2.75) is 17.5 Å². The summed E-state index contributed by atoms with van der Waals surface area (Å²) in [6.07, 6.45) is 3.95. The molecule has 0 aliphatic rings. The molecule has 0 spiro atoms. The van der Waals surface area contributed by atoms with Crippen molar-refractivity contribution in [3.63, 3.8) is 0 Å². The predicted octanol–water partition coefficient (Wildman–Crippen LogP) is 2.75. The fourth-order valence-corrected chi connectivity index (χ4v) is 3.68. The maximum Gasteiger partial charge on any atom is 0.175 e. The van der Waals surface area contributed by atoms with Crippen LogP contribution < -0.4 is 0 Å². The van der Waals surface area contributed by atoms with Crippen molar-refractivity contribution in [2.75, 3.05) is 6.26 Å². The van der Waals surface area contributed by atoms with E-state index >= 15 is 0 Å². The van der Waals surface area contributed by atoms with E-state index in [-0.39, 0.29) is 4.90 Å². The van der Waals surface area contributed by atoms with Gasteiger partial charge in [0.15, 0.2) is 9.84 Å². The fraction of sp³-hybridized carbons (Fsp3) is 0.188. The Balaban J connectivity index is 1.80. The molecular weight excluding hydrogens is 332 g/mol. The first-order valence-electron chi connectivity index (χ1n) is 6.98. The second kappa shape index (κ2) is 6.27. The second-order valence-corrected chi connectivity index (χ2v) is 8.20. The molecule has 0 aliphatic carbocycles. The zero-order chi connectivity index (χ0) is 16.4. The van der Waals surface area contributed by atoms with Crippen molar-refractivity contribution in [1.29, 1.82) is 0 Å². The maximum absolute atomic E-state index is 11.5. The number of aliphatic hydroxyl groups is 1. The van der Waals surface area contributed by atoms with Gasteiger partial charge in [0, 0.05) is 18.6 Å². The molecule has 1 N–H and O–H groups in total. The Hall–Kier alpha value is -1.96. The summed E-state index contributed by atoms with van der Waals surface area (Å²) in [7, 11) is -3.23. The number of nitrogens with zero attached hydrogens (tertiary/aromatic N) is 2. The van der Waals surface area contributed by atoms with Gasteiger partial charge in [-0.05, 0) is 29.1 Å². The third-order valence-electron chi connectivity index (χ3n) is 3.52. The molecule has 1 unspecified atom stereocenters. The number of aliphatic hydroxyl groups excluding tert-OH is 1. The lowest BCUT2D eigenvalue weighted by molar-refractivity contribution is 0.157. The van der Waals surface area contributed by atoms with Crippen molar-refractivity contribution in [2.24, 2.45) is 0 Å². The van der Waals surface area contributed by atoms with Crippen LogP contribution in [0.1, 0.15) is 11.7 Å². The monoisotopic (exact) mass is 348 g/mol. The molecule has 0 saturated carbocycles. The number of imidazole rings is 1. The van der Waals surface area contributed by atoms with Crippen LogP contribution in [0, 0.1) is 0 Å². The number of hydrogen-bond acceptors (Lipinski definition) is 5. The van der Waals surface area contributed by atoms with Gasteiger partial charge in [-0.3, -0.25) is 0 Å². The normalized spacial score (nSPS) is 13.1. The first-order valence-corrected chi connectivity index (χ1v) is 9.75. The summed E-state index contributed by atoms with van der Waals surface area (Å²) >= 11 is 1.59. The number of rotatable bonds is 5. The summed E-state index contributed by atoms with van der Waals surface area (Å²) in [6, 6.07) is 10.3. The largest absolute Gasteiger partial charge is 0.387 e. The number of aromatic nitrogens is 2. The quantitative estimate of drug-likeness (QED) is 0.769. The van der Waals surface area contributed by atoms with Crippen molar-refractivity contribution < 1.29 is 13.5 Å². The molecule has 0 aliphatic heterocycles. The summed E-state index contributed by atoms with van der Waals surface area (Å²) in [5.41, 5.74) is 0.670. The highest BCUT2D eigenvalue weighted by molar-refractivity contribution is 7.90. The molecule has 1 atom stereocenters. The number of thiophene rings is 1. The van der Waals surface area contributed by atoms with Gasteiger partial charge in [-0.1, -0.05) is 18.2 Å². The highest BCUT2D eigenvalue weighted by atomic mass is 32.2. The summed E-state index contributed by atoms with van der Waals surface area (Å²) in [5.74, 6) is 0.812. The van der Waals surface area contributed by atoms with Gasteiger partial charge in [-0.2, -0.15) is 0 Å². The van der Waals surface area contributed by atoms with E-state index in [4.69, 9.17) is 0 Å². The van der Waals surface area contributed by atoms with E-state index in [9.17, 15) is 13.5 Å². The third-order valence-corrected chi connectivity index (χ3v) is 5.51. The predicted molar refractivity (Wildman–Crippen MR) is 90.1 cm³/mol. The lowest BCUT2D eigenvalue weighted by atomic mass is 10.1. The van der Waals surface area contributed by atoms with Crippen LogP contribution in [-0.2, 0) is 16.4 Å². The van der Waals surface area contributed by atoms with E-state index in [1.54, 1.807) is 29.7 Å². The molecular formula is C16H16N2O3S2. The minimum Gasteiger partial charge on any atom is -0.387 e. The Labute approximate surface area is 138 Å². The van der Waals surface area contributed by atoms with Crippen LogP contribution in [0.25, 0.3) is 10.7 Å². The molecule has 2 aromatic heterocycles. The topological polar surface area (TPSA) is 72.2 Å². The summed E-state index contributed by atoms with van der Waals surface area (Å²) < 4.78 is 24.8. The van der Waals surface area contributed by atoms with Crippen LogP contribution in [-0.4, -0.2) is 29.3 Å². The van der Waals surface area contributed by atoms with Gasteiger partial charge in [0.1, 0.15) is 5.82 Å². The average molecular weight is 348 g/mol. The Kier molecular flexibility index (Phi) is 4.34. The van der Waals surface area contributed by atoms with Crippen molar-refractivity contribution in [3.8, 4) is 10.7 Å². The van der Waals surface area contributed by atoms with Crippen molar-refractivity contribution >= 4 is 21.2 Å². The summed E-state index contributed by atoms with van der Waals surface area (Å²) in [6.45, 7) is 0.353. The first kappa shape index (κ1) is 15.9. The molecule has 7 heteroatoms. The van der Waals surface area contributed by atoms with Gasteiger partial charge in [0.2, 0.25) is 0 Å². The van der Waals surface area contributed by atoms with Crippen LogP contribution in [0.5, 0.6) is 0 Å². The van der Waals surface area contributed by atoms with Crippen LogP contribution in [0.4, 0.5) is 0 Å². The smallest absolute Gasteiger partial charge is 0.175 e. The van der Waals surface area contributed by atoms with E-state index < -0.39 is 15.9 Å². The van der Waals surface area contributed by atoms with Crippen LogP contribution >= 0.6 is 11.3 Å². The van der Waals surface area contributed by atoms with Gasteiger partial charge < -0.3 is 9.67 Å². The molecule has 23 heavy (non-hydrogen) atoms. The van der Waals surface area contributed by atoms with Crippen molar-refractivity contribution in [1.82, 2.24) is 9.55 Å². The third kappa shape index (κ3) is 3.52. The molecule has 0 fully saturated rings. The maximum atomic E-state index is 11.5. The van der Waals surface area contributed by atoms with Crippen LogP contribution in [0.2, 0.25) is 0 Å². The molecule has 120 valence electrons. The molecule has 2 heterocycles. The lowest BCUT2D eigenvalue weighted by Crippen LogP contribution is -2.09.